The molecule has 192 valence electrons. The maximum absolute atomic E-state index is 13.7. The fourth-order valence-electron chi connectivity index (χ4n) is 3.41. The van der Waals surface area contributed by atoms with Gasteiger partial charge in [0, 0.05) is 17.3 Å². The van der Waals surface area contributed by atoms with E-state index in [0.717, 1.165) is 0 Å². The Kier molecular flexibility index (Phi) is 7.00. The van der Waals surface area contributed by atoms with Crippen LogP contribution in [0.5, 0.6) is 17.2 Å². The van der Waals surface area contributed by atoms with Crippen molar-refractivity contribution in [2.45, 2.75) is 0 Å². The number of benzene rings is 3. The molecule has 4 aromatic rings. The normalized spacial score (nSPS) is 10.9. The van der Waals surface area contributed by atoms with Crippen LogP contribution in [0.4, 0.5) is 27.6 Å². The molecule has 1 N–H and O–H groups in total. The Morgan fingerprint density at radius 1 is 0.838 bits per heavy atom. The van der Waals surface area contributed by atoms with Crippen molar-refractivity contribution in [3.05, 3.63) is 81.8 Å². The molecule has 0 aliphatic carbocycles. The van der Waals surface area contributed by atoms with E-state index < -0.39 is 52.8 Å². The zero-order chi connectivity index (χ0) is 26.9. The van der Waals surface area contributed by atoms with Gasteiger partial charge in [0.2, 0.25) is 29.1 Å². The van der Waals surface area contributed by atoms with Crippen molar-refractivity contribution in [1.82, 2.24) is 0 Å². The number of amides is 1. The maximum atomic E-state index is 13.7. The van der Waals surface area contributed by atoms with Crippen LogP contribution in [0.2, 0.25) is 0 Å². The average Bonchev–Trinajstić information content (AvgIpc) is 2.90. The van der Waals surface area contributed by atoms with E-state index in [9.17, 15) is 31.5 Å². The second-order valence-electron chi connectivity index (χ2n) is 7.49. The molecule has 37 heavy (non-hydrogen) atoms. The van der Waals surface area contributed by atoms with Crippen LogP contribution in [-0.4, -0.2) is 26.7 Å². The summed E-state index contributed by atoms with van der Waals surface area (Å²) in [6.45, 7) is -1.08. The highest BCUT2D eigenvalue weighted by Crippen LogP contribution is 2.33. The van der Waals surface area contributed by atoms with Gasteiger partial charge in [-0.2, -0.15) is 8.78 Å². The van der Waals surface area contributed by atoms with Crippen LogP contribution in [0.1, 0.15) is 0 Å². The van der Waals surface area contributed by atoms with Crippen molar-refractivity contribution in [3.63, 3.8) is 0 Å². The summed E-state index contributed by atoms with van der Waals surface area (Å²) in [5.74, 6) is -12.6. The predicted molar refractivity (Wildman–Crippen MR) is 121 cm³/mol. The average molecular weight is 521 g/mol. The molecule has 4 rings (SSSR count). The van der Waals surface area contributed by atoms with Gasteiger partial charge < -0.3 is 23.9 Å². The molecule has 1 heterocycles. The second-order valence-corrected chi connectivity index (χ2v) is 7.49. The molecule has 1 aromatic heterocycles. The van der Waals surface area contributed by atoms with E-state index >= 15 is 0 Å². The van der Waals surface area contributed by atoms with E-state index in [1.54, 1.807) is 18.2 Å². The molecule has 0 saturated carbocycles. The molecule has 0 spiro atoms. The minimum atomic E-state index is -2.35. The first-order valence-corrected chi connectivity index (χ1v) is 10.4. The summed E-state index contributed by atoms with van der Waals surface area (Å²) in [6, 6.07) is 10.2. The van der Waals surface area contributed by atoms with Crippen LogP contribution in [-0.2, 0) is 4.79 Å². The van der Waals surface area contributed by atoms with E-state index in [1.807, 2.05) is 0 Å². The summed E-state index contributed by atoms with van der Waals surface area (Å²) < 4.78 is 87.8. The quantitative estimate of drug-likeness (QED) is 0.205. The fourth-order valence-corrected chi connectivity index (χ4v) is 3.41. The molecular formula is C25H16F5NO6. The largest absolute Gasteiger partial charge is 0.493 e. The van der Waals surface area contributed by atoms with Gasteiger partial charge in [-0.05, 0) is 36.4 Å². The van der Waals surface area contributed by atoms with Gasteiger partial charge in [-0.3, -0.25) is 9.59 Å². The third kappa shape index (κ3) is 4.90. The highest BCUT2D eigenvalue weighted by Gasteiger charge is 2.27. The Hall–Kier alpha value is -4.61. The van der Waals surface area contributed by atoms with Gasteiger partial charge in [-0.25, -0.2) is 13.2 Å². The number of ether oxygens (including phenoxy) is 3. The van der Waals surface area contributed by atoms with E-state index in [0.29, 0.717) is 17.1 Å². The SMILES string of the molecule is COc1ccc(-c2cc(=O)c3cc(NC(=O)COc4c(F)c(F)c(F)c(F)c4F)ccc3o2)cc1OC. The van der Waals surface area contributed by atoms with Crippen LogP contribution < -0.4 is 25.0 Å². The Morgan fingerprint density at radius 2 is 1.49 bits per heavy atom. The van der Waals surface area contributed by atoms with Crippen molar-refractivity contribution in [2.24, 2.45) is 0 Å². The summed E-state index contributed by atoms with van der Waals surface area (Å²) in [7, 11) is 2.94. The number of hydrogen-bond donors (Lipinski definition) is 1. The Bertz CT molecular complexity index is 1560. The molecule has 0 radical (unpaired) electrons. The van der Waals surface area contributed by atoms with E-state index in [4.69, 9.17) is 13.9 Å². The molecule has 0 atom stereocenters. The molecule has 0 fully saturated rings. The number of halogens is 5. The van der Waals surface area contributed by atoms with Gasteiger partial charge >= 0.3 is 0 Å². The molecule has 0 saturated heterocycles. The number of anilines is 1. The van der Waals surface area contributed by atoms with Gasteiger partial charge in [0.1, 0.15) is 11.3 Å². The highest BCUT2D eigenvalue weighted by molar-refractivity contribution is 5.94. The van der Waals surface area contributed by atoms with Crippen LogP contribution in [0, 0.1) is 29.1 Å². The van der Waals surface area contributed by atoms with Crippen molar-refractivity contribution >= 4 is 22.6 Å². The second kappa shape index (κ2) is 10.2. The Balaban J connectivity index is 1.54. The number of methoxy groups -OCH3 is 2. The monoisotopic (exact) mass is 521 g/mol. The third-order valence-electron chi connectivity index (χ3n) is 5.20. The third-order valence-corrected chi connectivity index (χ3v) is 5.20. The number of carbonyl (C=O) groups is 1. The minimum absolute atomic E-state index is 0.0877. The molecule has 0 aliphatic rings. The first-order valence-electron chi connectivity index (χ1n) is 10.4. The Labute approximate surface area is 205 Å². The summed E-state index contributed by atoms with van der Waals surface area (Å²) in [5, 5.41) is 2.40. The van der Waals surface area contributed by atoms with Crippen LogP contribution in [0.3, 0.4) is 0 Å². The molecule has 12 heteroatoms. The van der Waals surface area contributed by atoms with Gasteiger partial charge in [0.05, 0.1) is 19.6 Å². The van der Waals surface area contributed by atoms with Gasteiger partial charge in [0.25, 0.3) is 5.91 Å². The molecule has 7 nitrogen and oxygen atoms in total. The fraction of sp³-hybridized carbons (Fsp3) is 0.120. The summed E-state index contributed by atoms with van der Waals surface area (Å²) in [6.07, 6.45) is 0. The molecule has 0 bridgehead atoms. The molecule has 0 aliphatic heterocycles. The lowest BCUT2D eigenvalue weighted by Gasteiger charge is -2.11. The zero-order valence-corrected chi connectivity index (χ0v) is 19.1. The number of nitrogens with one attached hydrogen (secondary N) is 1. The number of fused-ring (bicyclic) bond motifs is 1. The first kappa shape index (κ1) is 25.5. The van der Waals surface area contributed by atoms with Crippen molar-refractivity contribution in [2.75, 3.05) is 26.1 Å². The van der Waals surface area contributed by atoms with Crippen molar-refractivity contribution in [3.8, 4) is 28.6 Å². The molecule has 1 amide bonds. The van der Waals surface area contributed by atoms with Crippen LogP contribution in [0.25, 0.3) is 22.3 Å². The molecular weight excluding hydrogens is 505 g/mol. The lowest BCUT2D eigenvalue weighted by Crippen LogP contribution is -2.21. The molecule has 0 unspecified atom stereocenters. The lowest BCUT2D eigenvalue weighted by molar-refractivity contribution is -0.118. The van der Waals surface area contributed by atoms with Gasteiger partial charge in [-0.15, -0.1) is 0 Å². The number of rotatable bonds is 7. The molecule has 3 aromatic carbocycles. The lowest BCUT2D eigenvalue weighted by atomic mass is 10.1. The number of carbonyl (C=O) groups excluding carboxylic acids is 1. The Morgan fingerprint density at radius 3 is 2.14 bits per heavy atom. The highest BCUT2D eigenvalue weighted by atomic mass is 19.2. The standard InChI is InChI=1S/C25H16F5NO6/c1-34-16-5-3-11(7-18(16)35-2)17-9-14(32)13-8-12(4-6-15(13)37-17)31-19(33)10-36-25-23(29)21(27)20(26)22(28)24(25)30/h3-9H,10H2,1-2H3,(H,31,33). The van der Waals surface area contributed by atoms with E-state index in [1.165, 1.54) is 38.5 Å². The van der Waals surface area contributed by atoms with E-state index in [-0.39, 0.29) is 22.4 Å². The summed E-state index contributed by atoms with van der Waals surface area (Å²) in [4.78, 5) is 24.9. The van der Waals surface area contributed by atoms with E-state index in [2.05, 4.69) is 10.1 Å². The summed E-state index contributed by atoms with van der Waals surface area (Å²) in [5.41, 5.74) is 0.372. The van der Waals surface area contributed by atoms with Gasteiger partial charge in [0.15, 0.2) is 29.3 Å². The summed E-state index contributed by atoms with van der Waals surface area (Å²) >= 11 is 0. The number of hydrogen-bond acceptors (Lipinski definition) is 6. The van der Waals surface area contributed by atoms with Crippen LogP contribution in [0.15, 0.2) is 51.7 Å². The van der Waals surface area contributed by atoms with Crippen molar-refractivity contribution < 1.29 is 45.4 Å². The maximum Gasteiger partial charge on any atom is 0.262 e. The minimum Gasteiger partial charge on any atom is -0.493 e. The smallest absolute Gasteiger partial charge is 0.262 e. The van der Waals surface area contributed by atoms with Crippen LogP contribution >= 0.6 is 0 Å². The first-order chi connectivity index (χ1) is 17.6. The van der Waals surface area contributed by atoms with Gasteiger partial charge in [-0.1, -0.05) is 0 Å². The van der Waals surface area contributed by atoms with Crippen molar-refractivity contribution in [1.29, 1.82) is 0 Å². The predicted octanol–water partition coefficient (Wildman–Crippen LogP) is 5.19. The topological polar surface area (TPSA) is 87.0 Å². The zero-order valence-electron chi connectivity index (χ0n) is 19.1.